The number of nitrogens with zero attached hydrogens (tertiary/aromatic N) is 2. The zero-order valence-corrected chi connectivity index (χ0v) is 16.2. The van der Waals surface area contributed by atoms with Gasteiger partial charge in [-0.05, 0) is 49.4 Å². The number of sulfonamides is 1. The van der Waals surface area contributed by atoms with Crippen LogP contribution in [0.5, 0.6) is 5.75 Å². The average molecular weight is 400 g/mol. The molecule has 2 N–H and O–H groups in total. The summed E-state index contributed by atoms with van der Waals surface area (Å²) in [5.74, 6) is 0.101. The van der Waals surface area contributed by atoms with Crippen LogP contribution in [0.2, 0.25) is 0 Å². The first-order chi connectivity index (χ1) is 13.4. The van der Waals surface area contributed by atoms with E-state index in [0.29, 0.717) is 29.4 Å². The van der Waals surface area contributed by atoms with Crippen LogP contribution >= 0.6 is 0 Å². The molecule has 0 saturated carbocycles. The van der Waals surface area contributed by atoms with Gasteiger partial charge in [0.2, 0.25) is 0 Å². The Morgan fingerprint density at radius 1 is 1.11 bits per heavy atom. The number of hydrogen-bond donors (Lipinski definition) is 2. The van der Waals surface area contributed by atoms with E-state index in [1.807, 2.05) is 6.92 Å². The van der Waals surface area contributed by atoms with Gasteiger partial charge in [-0.1, -0.05) is 12.1 Å². The Morgan fingerprint density at radius 3 is 2.50 bits per heavy atom. The molecule has 3 rings (SSSR count). The second-order valence-electron chi connectivity index (χ2n) is 5.82. The molecule has 0 atom stereocenters. The maximum absolute atomic E-state index is 12.6. The molecule has 0 unspecified atom stereocenters. The van der Waals surface area contributed by atoms with Crippen LogP contribution in [-0.2, 0) is 16.6 Å². The highest BCUT2D eigenvalue weighted by Crippen LogP contribution is 2.26. The first kappa shape index (κ1) is 19.4. The van der Waals surface area contributed by atoms with E-state index in [4.69, 9.17) is 4.74 Å². The van der Waals surface area contributed by atoms with Gasteiger partial charge in [0.1, 0.15) is 11.4 Å². The van der Waals surface area contributed by atoms with E-state index in [1.54, 1.807) is 41.2 Å². The zero-order valence-electron chi connectivity index (χ0n) is 15.4. The number of aryl methyl sites for hydroxylation is 1. The minimum atomic E-state index is -3.80. The van der Waals surface area contributed by atoms with Crippen molar-refractivity contribution in [3.63, 3.8) is 0 Å². The van der Waals surface area contributed by atoms with Crippen molar-refractivity contribution in [3.8, 4) is 5.75 Å². The van der Waals surface area contributed by atoms with E-state index in [0.717, 1.165) is 0 Å². The van der Waals surface area contributed by atoms with Gasteiger partial charge >= 0.3 is 0 Å². The Labute approximate surface area is 163 Å². The second kappa shape index (κ2) is 8.13. The lowest BCUT2D eigenvalue weighted by atomic mass is 10.3. The highest BCUT2D eigenvalue weighted by atomic mass is 32.2. The number of para-hydroxylation sites is 2. The van der Waals surface area contributed by atoms with Gasteiger partial charge in [-0.15, -0.1) is 0 Å². The number of nitrogens with one attached hydrogen (secondary N) is 2. The average Bonchev–Trinajstić information content (AvgIpc) is 3.17. The molecule has 28 heavy (non-hydrogen) atoms. The molecule has 1 aromatic heterocycles. The fraction of sp³-hybridized carbons (Fsp3) is 0.158. The summed E-state index contributed by atoms with van der Waals surface area (Å²) < 4.78 is 34.5. The molecule has 2 aromatic carbocycles. The normalized spacial score (nSPS) is 11.1. The van der Waals surface area contributed by atoms with Crippen LogP contribution in [0.3, 0.4) is 0 Å². The molecule has 146 valence electrons. The number of benzene rings is 2. The predicted octanol–water partition coefficient (Wildman–Crippen LogP) is 2.96. The van der Waals surface area contributed by atoms with Gasteiger partial charge in [0.25, 0.3) is 15.9 Å². The van der Waals surface area contributed by atoms with Crippen molar-refractivity contribution in [1.82, 2.24) is 9.78 Å². The molecule has 0 radical (unpaired) electrons. The predicted molar refractivity (Wildman–Crippen MR) is 106 cm³/mol. The van der Waals surface area contributed by atoms with Crippen LogP contribution in [-0.4, -0.2) is 31.2 Å². The monoisotopic (exact) mass is 400 g/mol. The smallest absolute Gasteiger partial charge is 0.273 e. The minimum Gasteiger partial charge on any atom is -0.495 e. The number of ether oxygens (including phenoxy) is 1. The van der Waals surface area contributed by atoms with E-state index < -0.39 is 10.0 Å². The maximum atomic E-state index is 12.6. The van der Waals surface area contributed by atoms with Crippen LogP contribution < -0.4 is 14.8 Å². The lowest BCUT2D eigenvalue weighted by Crippen LogP contribution is -2.17. The molecule has 0 spiro atoms. The van der Waals surface area contributed by atoms with Gasteiger partial charge in [0.05, 0.1) is 17.7 Å². The molecule has 1 heterocycles. The summed E-state index contributed by atoms with van der Waals surface area (Å²) in [6, 6.07) is 14.3. The van der Waals surface area contributed by atoms with Crippen molar-refractivity contribution in [3.05, 3.63) is 66.5 Å². The van der Waals surface area contributed by atoms with Crippen molar-refractivity contribution in [1.29, 1.82) is 0 Å². The summed E-state index contributed by atoms with van der Waals surface area (Å²) in [7, 11) is -2.33. The number of carbonyl (C=O) groups excluding carboxylic acids is 1. The Kier molecular flexibility index (Phi) is 5.65. The minimum absolute atomic E-state index is 0.0648. The summed E-state index contributed by atoms with van der Waals surface area (Å²) >= 11 is 0. The van der Waals surface area contributed by atoms with Gasteiger partial charge in [-0.3, -0.25) is 14.2 Å². The quantitative estimate of drug-likeness (QED) is 0.635. The largest absolute Gasteiger partial charge is 0.495 e. The molecule has 0 bridgehead atoms. The van der Waals surface area contributed by atoms with Crippen LogP contribution in [0.15, 0.2) is 65.7 Å². The number of methoxy groups -OCH3 is 1. The summed E-state index contributed by atoms with van der Waals surface area (Å²) in [6.45, 7) is 2.46. The molecule has 0 saturated heterocycles. The number of amides is 1. The summed E-state index contributed by atoms with van der Waals surface area (Å²) in [5, 5.41) is 6.79. The first-order valence-corrected chi connectivity index (χ1v) is 10.0. The molecule has 9 heteroatoms. The van der Waals surface area contributed by atoms with Crippen molar-refractivity contribution in [2.45, 2.75) is 18.4 Å². The molecule has 0 aliphatic carbocycles. The first-order valence-electron chi connectivity index (χ1n) is 8.53. The zero-order chi connectivity index (χ0) is 20.1. The van der Waals surface area contributed by atoms with Gasteiger partial charge in [0, 0.05) is 18.4 Å². The van der Waals surface area contributed by atoms with E-state index >= 15 is 0 Å². The summed E-state index contributed by atoms with van der Waals surface area (Å²) in [6.07, 6.45) is 1.55. The van der Waals surface area contributed by atoms with Crippen molar-refractivity contribution in [2.75, 3.05) is 17.1 Å². The molecular formula is C19H20N4O4S. The molecule has 3 aromatic rings. The molecular weight excluding hydrogens is 380 g/mol. The molecule has 0 aliphatic heterocycles. The Morgan fingerprint density at radius 2 is 1.82 bits per heavy atom. The highest BCUT2D eigenvalue weighted by molar-refractivity contribution is 7.92. The third kappa shape index (κ3) is 4.15. The van der Waals surface area contributed by atoms with Crippen molar-refractivity contribution >= 4 is 27.3 Å². The van der Waals surface area contributed by atoms with E-state index in [9.17, 15) is 13.2 Å². The van der Waals surface area contributed by atoms with Gasteiger partial charge < -0.3 is 10.1 Å². The van der Waals surface area contributed by atoms with Crippen molar-refractivity contribution in [2.24, 2.45) is 0 Å². The SMILES string of the molecule is CCn1nccc1C(=O)Nc1ccc(S(=O)(=O)Nc2ccccc2OC)cc1. The van der Waals surface area contributed by atoms with E-state index in [1.165, 1.54) is 31.4 Å². The molecule has 8 nitrogen and oxygen atoms in total. The molecule has 0 aliphatic rings. The third-order valence-corrected chi connectivity index (χ3v) is 5.40. The van der Waals surface area contributed by atoms with Gasteiger partial charge in [-0.2, -0.15) is 5.10 Å². The van der Waals surface area contributed by atoms with Gasteiger partial charge in [0.15, 0.2) is 0 Å². The van der Waals surface area contributed by atoms with Crippen LogP contribution in [0.25, 0.3) is 0 Å². The van der Waals surface area contributed by atoms with Crippen molar-refractivity contribution < 1.29 is 17.9 Å². The van der Waals surface area contributed by atoms with Crippen LogP contribution in [0.1, 0.15) is 17.4 Å². The van der Waals surface area contributed by atoms with E-state index in [-0.39, 0.29) is 10.8 Å². The maximum Gasteiger partial charge on any atom is 0.273 e. The second-order valence-corrected chi connectivity index (χ2v) is 7.50. The highest BCUT2D eigenvalue weighted by Gasteiger charge is 2.17. The van der Waals surface area contributed by atoms with Crippen LogP contribution in [0, 0.1) is 0 Å². The Balaban J connectivity index is 1.75. The lowest BCUT2D eigenvalue weighted by molar-refractivity contribution is 0.101. The Bertz CT molecular complexity index is 1080. The van der Waals surface area contributed by atoms with E-state index in [2.05, 4.69) is 15.1 Å². The fourth-order valence-corrected chi connectivity index (χ4v) is 3.69. The standard InChI is InChI=1S/C19H20N4O4S/c1-3-23-17(12-13-20-23)19(24)21-14-8-10-15(11-9-14)28(25,26)22-16-6-4-5-7-18(16)27-2/h4-13,22H,3H2,1-2H3,(H,21,24). The number of anilines is 2. The van der Waals surface area contributed by atoms with Crippen LogP contribution in [0.4, 0.5) is 11.4 Å². The Hall–Kier alpha value is -3.33. The van der Waals surface area contributed by atoms with Gasteiger partial charge in [-0.25, -0.2) is 8.42 Å². The fourth-order valence-electron chi connectivity index (χ4n) is 2.62. The number of carbonyl (C=O) groups is 1. The summed E-state index contributed by atoms with van der Waals surface area (Å²) in [5.41, 5.74) is 1.25. The lowest BCUT2D eigenvalue weighted by Gasteiger charge is -2.12. The molecule has 1 amide bonds. The third-order valence-electron chi connectivity index (χ3n) is 4.02. The summed E-state index contributed by atoms with van der Waals surface area (Å²) in [4.78, 5) is 12.4. The number of rotatable bonds is 7. The molecule has 0 fully saturated rings. The number of aromatic nitrogens is 2. The topological polar surface area (TPSA) is 102 Å². The number of hydrogen-bond acceptors (Lipinski definition) is 5.